The van der Waals surface area contributed by atoms with Gasteiger partial charge < -0.3 is 4.42 Å². The molecular weight excluding hydrogens is 502 g/mol. The van der Waals surface area contributed by atoms with E-state index in [2.05, 4.69) is 19.9 Å². The summed E-state index contributed by atoms with van der Waals surface area (Å²) in [5.74, 6) is -1.05. The summed E-state index contributed by atoms with van der Waals surface area (Å²) >= 11 is 1.20. The van der Waals surface area contributed by atoms with Gasteiger partial charge in [0.15, 0.2) is 15.1 Å². The molecule has 0 aliphatic carbocycles. The van der Waals surface area contributed by atoms with Crippen LogP contribution in [0.15, 0.2) is 52.9 Å². The number of amides is 1. The van der Waals surface area contributed by atoms with Gasteiger partial charge in [0, 0.05) is 6.26 Å². The summed E-state index contributed by atoms with van der Waals surface area (Å²) in [6, 6.07) is 14.3. The van der Waals surface area contributed by atoms with Crippen molar-refractivity contribution in [2.75, 3.05) is 6.26 Å². The van der Waals surface area contributed by atoms with E-state index in [0.29, 0.717) is 5.52 Å². The first-order chi connectivity index (χ1) is 16.1. The van der Waals surface area contributed by atoms with E-state index < -0.39 is 37.2 Å². The number of carbonyl (C=O) groups excluding carboxylic acids is 1. The molecule has 1 aliphatic rings. The lowest BCUT2D eigenvalue weighted by Gasteiger charge is -2.07. The van der Waals surface area contributed by atoms with E-state index in [0.717, 1.165) is 22.1 Å². The second kappa shape index (κ2) is 8.23. The van der Waals surface area contributed by atoms with Crippen molar-refractivity contribution in [1.29, 1.82) is 0 Å². The van der Waals surface area contributed by atoms with Gasteiger partial charge in [-0.15, -0.1) is 21.5 Å². The average Bonchev–Trinajstić information content (AvgIpc) is 3.45. The third-order valence-electron chi connectivity index (χ3n) is 5.10. The highest BCUT2D eigenvalue weighted by Crippen LogP contribution is 2.36. The van der Waals surface area contributed by atoms with Crippen molar-refractivity contribution in [3.8, 4) is 11.1 Å². The zero-order valence-electron chi connectivity index (χ0n) is 17.5. The number of nitrogens with one attached hydrogen (secondary N) is 2. The van der Waals surface area contributed by atoms with Crippen LogP contribution in [0.3, 0.4) is 0 Å². The molecule has 2 N–H and O–H groups in total. The fraction of sp³-hybridized carbons (Fsp3) is 0.200. The van der Waals surface area contributed by atoms with Crippen LogP contribution in [0, 0.1) is 0 Å². The predicted octanol–water partition coefficient (Wildman–Crippen LogP) is 1.36. The molecule has 2 atom stereocenters. The molecule has 1 unspecified atom stereocenters. The van der Waals surface area contributed by atoms with Crippen LogP contribution < -0.4 is 9.44 Å². The van der Waals surface area contributed by atoms with E-state index in [1.165, 1.54) is 11.3 Å². The zero-order valence-corrected chi connectivity index (χ0v) is 19.9. The molecule has 0 bridgehead atoms. The normalized spacial score (nSPS) is 18.7. The van der Waals surface area contributed by atoms with Crippen LogP contribution in [0.1, 0.15) is 22.0 Å². The number of aromatic nitrogens is 3. The molecule has 1 saturated heterocycles. The molecule has 11 nitrogen and oxygen atoms in total. The van der Waals surface area contributed by atoms with Gasteiger partial charge in [0.05, 0.1) is 16.6 Å². The van der Waals surface area contributed by atoms with E-state index in [9.17, 15) is 21.6 Å². The van der Waals surface area contributed by atoms with Gasteiger partial charge in [0.1, 0.15) is 11.0 Å². The summed E-state index contributed by atoms with van der Waals surface area (Å²) in [7, 11) is -7.69. The van der Waals surface area contributed by atoms with Gasteiger partial charge >= 0.3 is 10.2 Å². The minimum absolute atomic E-state index is 0.0825. The summed E-state index contributed by atoms with van der Waals surface area (Å²) in [4.78, 5) is 16.3. The number of carbonyl (C=O) groups is 1. The molecule has 2 aromatic heterocycles. The molecular formula is C20H17N5O6S3. The van der Waals surface area contributed by atoms with Gasteiger partial charge in [0.2, 0.25) is 11.8 Å². The van der Waals surface area contributed by atoms with Crippen molar-refractivity contribution in [3.05, 3.63) is 65.3 Å². The van der Waals surface area contributed by atoms with Crippen molar-refractivity contribution in [1.82, 2.24) is 24.6 Å². The third-order valence-corrected chi connectivity index (χ3v) is 8.68. The van der Waals surface area contributed by atoms with Crippen LogP contribution >= 0.6 is 11.3 Å². The van der Waals surface area contributed by atoms with Crippen LogP contribution in [0.25, 0.3) is 21.3 Å². The second-order valence-electron chi connectivity index (χ2n) is 7.69. The Hall–Kier alpha value is -3.20. The number of hydrogen-bond donors (Lipinski definition) is 2. The largest absolute Gasteiger partial charge is 0.423 e. The summed E-state index contributed by atoms with van der Waals surface area (Å²) in [5.41, 5.74) is 2.62. The molecule has 176 valence electrons. The highest BCUT2D eigenvalue weighted by molar-refractivity contribution is 7.91. The minimum atomic E-state index is -3.92. The maximum Gasteiger partial charge on any atom is 0.302 e. The van der Waals surface area contributed by atoms with Crippen molar-refractivity contribution >= 4 is 47.5 Å². The fourth-order valence-electron chi connectivity index (χ4n) is 3.57. The van der Waals surface area contributed by atoms with E-state index in [1.54, 1.807) is 4.72 Å². The van der Waals surface area contributed by atoms with Gasteiger partial charge in [0.25, 0.3) is 5.91 Å². The van der Waals surface area contributed by atoms with E-state index >= 15 is 0 Å². The van der Waals surface area contributed by atoms with E-state index in [1.807, 2.05) is 48.5 Å². The average molecular weight is 520 g/mol. The molecule has 5 rings (SSSR count). The van der Waals surface area contributed by atoms with Gasteiger partial charge in [-0.3, -0.25) is 4.79 Å². The maximum absolute atomic E-state index is 12.7. The lowest BCUT2D eigenvalue weighted by atomic mass is 10.1. The quantitative estimate of drug-likeness (QED) is 0.383. The van der Waals surface area contributed by atoms with Gasteiger partial charge in [-0.2, -0.15) is 13.1 Å². The third kappa shape index (κ3) is 4.44. The molecule has 4 aromatic rings. The summed E-state index contributed by atoms with van der Waals surface area (Å²) in [5, 5.41) is 6.63. The van der Waals surface area contributed by atoms with Crippen molar-refractivity contribution in [2.45, 2.75) is 17.7 Å². The Morgan fingerprint density at radius 1 is 1.12 bits per heavy atom. The van der Waals surface area contributed by atoms with Gasteiger partial charge in [-0.05, 0) is 23.3 Å². The Labute approximate surface area is 198 Å². The first-order valence-corrected chi connectivity index (χ1v) is 14.2. The Morgan fingerprint density at radius 3 is 2.56 bits per heavy atom. The molecule has 0 radical (unpaired) electrons. The minimum Gasteiger partial charge on any atom is -0.423 e. The van der Waals surface area contributed by atoms with E-state index in [-0.39, 0.29) is 23.2 Å². The number of hydrogen-bond acceptors (Lipinski definition) is 10. The summed E-state index contributed by atoms with van der Waals surface area (Å²) < 4.78 is 58.6. The number of fused-ring (bicyclic) bond motifs is 1. The Kier molecular flexibility index (Phi) is 5.47. The van der Waals surface area contributed by atoms with E-state index in [4.69, 9.17) is 4.42 Å². The zero-order chi connectivity index (χ0) is 24.1. The molecule has 0 saturated carbocycles. The van der Waals surface area contributed by atoms with Gasteiger partial charge in [-0.1, -0.05) is 36.4 Å². The van der Waals surface area contributed by atoms with Crippen molar-refractivity contribution in [2.24, 2.45) is 0 Å². The Balaban J connectivity index is 1.48. The number of benzene rings is 2. The smallest absolute Gasteiger partial charge is 0.302 e. The lowest BCUT2D eigenvalue weighted by Crippen LogP contribution is -2.31. The van der Waals surface area contributed by atoms with Crippen molar-refractivity contribution in [3.63, 3.8) is 0 Å². The second-order valence-corrected chi connectivity index (χ2v) is 12.3. The highest BCUT2D eigenvalue weighted by Gasteiger charge is 2.37. The molecule has 2 aromatic carbocycles. The summed E-state index contributed by atoms with van der Waals surface area (Å²) in [6.45, 7) is 0. The monoisotopic (exact) mass is 519 g/mol. The molecule has 1 aliphatic heterocycles. The standard InChI is InChI=1S/C20H17N5O6S3/c1-33(27,28)17(19-23-22-16(31-19)10-14-18(26)25-34(29,30)24-14)20-21-13-8-7-12(9-15(13)32-20)11-5-3-2-4-6-11/h2-9,14,17,24H,10H2,1H3,(H,25,26)/t14-,17?/m0/s1. The first-order valence-electron chi connectivity index (χ1n) is 9.90. The van der Waals surface area contributed by atoms with Crippen molar-refractivity contribution < 1.29 is 26.0 Å². The number of rotatable bonds is 6. The molecule has 1 fully saturated rings. The fourth-order valence-corrected chi connectivity index (χ4v) is 7.14. The number of thiazole rings is 1. The SMILES string of the molecule is CS(=O)(=O)C(c1nnc(C[C@@H]2NS(=O)(=O)NC2=O)o1)c1nc2ccc(-c3ccccc3)cc2s1. The predicted molar refractivity (Wildman–Crippen MR) is 124 cm³/mol. The first kappa shape index (κ1) is 22.6. The molecule has 14 heteroatoms. The maximum atomic E-state index is 12.7. The number of nitrogens with zero attached hydrogens (tertiary/aromatic N) is 3. The van der Waals surface area contributed by atoms with Crippen LogP contribution in [0.4, 0.5) is 0 Å². The topological polar surface area (TPSA) is 161 Å². The molecule has 34 heavy (non-hydrogen) atoms. The number of sulfone groups is 1. The lowest BCUT2D eigenvalue weighted by molar-refractivity contribution is -0.120. The highest BCUT2D eigenvalue weighted by atomic mass is 32.2. The van der Waals surface area contributed by atoms with Crippen LogP contribution in [-0.4, -0.2) is 50.2 Å². The van der Waals surface area contributed by atoms with Crippen LogP contribution in [-0.2, 0) is 31.3 Å². The van der Waals surface area contributed by atoms with Gasteiger partial charge in [-0.25, -0.2) is 18.1 Å². The Bertz CT molecular complexity index is 1610. The Morgan fingerprint density at radius 2 is 1.88 bits per heavy atom. The summed E-state index contributed by atoms with van der Waals surface area (Å²) in [6.07, 6.45) is 0.816. The van der Waals surface area contributed by atoms with Crippen LogP contribution in [0.5, 0.6) is 0 Å². The molecule has 0 spiro atoms. The molecule has 3 heterocycles. The molecule has 1 amide bonds. The van der Waals surface area contributed by atoms with Crippen LogP contribution in [0.2, 0.25) is 0 Å².